The molecule has 8 heteroatoms. The molecule has 3 aromatic heterocycles. The van der Waals surface area contributed by atoms with Crippen LogP contribution in [0.25, 0.3) is 21.1 Å². The summed E-state index contributed by atoms with van der Waals surface area (Å²) in [5, 5.41) is 1.36. The molecule has 5 rings (SSSR count). The number of fused-ring (bicyclic) bond motifs is 4. The smallest absolute Gasteiger partial charge is 0.259 e. The monoisotopic (exact) mass is 407 g/mol. The Kier molecular flexibility index (Phi) is 4.52. The van der Waals surface area contributed by atoms with Crippen molar-refractivity contribution >= 4 is 32.5 Å². The molecule has 7 nitrogen and oxygen atoms in total. The molecule has 3 heterocycles. The van der Waals surface area contributed by atoms with E-state index in [4.69, 9.17) is 4.98 Å². The van der Waals surface area contributed by atoms with Crippen molar-refractivity contribution in [1.82, 2.24) is 24.8 Å². The van der Waals surface area contributed by atoms with E-state index in [1.807, 2.05) is 25.1 Å². The Morgan fingerprint density at radius 2 is 1.79 bits per heavy atom. The normalized spacial score (nSPS) is 13.6. The Morgan fingerprint density at radius 3 is 2.62 bits per heavy atom. The summed E-state index contributed by atoms with van der Waals surface area (Å²) in [6.45, 7) is 3.73. The third-order valence-corrected chi connectivity index (χ3v) is 6.67. The summed E-state index contributed by atoms with van der Waals surface area (Å²) in [6.07, 6.45) is 3.15. The van der Waals surface area contributed by atoms with Gasteiger partial charge in [-0.2, -0.15) is 0 Å². The van der Waals surface area contributed by atoms with E-state index in [9.17, 15) is 9.59 Å². The van der Waals surface area contributed by atoms with E-state index in [1.165, 1.54) is 10.4 Å². The van der Waals surface area contributed by atoms with Gasteiger partial charge in [0.1, 0.15) is 16.5 Å². The number of para-hydroxylation sites is 1. The van der Waals surface area contributed by atoms with Crippen LogP contribution in [0.1, 0.15) is 35.4 Å². The average Bonchev–Trinajstić information content (AvgIpc) is 3.28. The van der Waals surface area contributed by atoms with Crippen LogP contribution in [-0.4, -0.2) is 31.4 Å². The lowest BCUT2D eigenvalue weighted by atomic mass is 10.2. The molecule has 0 amide bonds. The molecule has 0 radical (unpaired) electrons. The number of nitrogens with zero attached hydrogens (tertiary/aromatic N) is 3. The zero-order valence-corrected chi connectivity index (χ0v) is 16.9. The van der Waals surface area contributed by atoms with Gasteiger partial charge in [0.05, 0.1) is 29.4 Å². The Hall–Kier alpha value is -2.84. The van der Waals surface area contributed by atoms with E-state index >= 15 is 0 Å². The summed E-state index contributed by atoms with van der Waals surface area (Å²) in [6, 6.07) is 7.31. The van der Waals surface area contributed by atoms with Gasteiger partial charge in [0.25, 0.3) is 11.1 Å². The van der Waals surface area contributed by atoms with Gasteiger partial charge in [-0.1, -0.05) is 19.1 Å². The molecule has 4 aromatic rings. The number of aromatic nitrogens is 4. The molecule has 0 fully saturated rings. The Balaban J connectivity index is 1.43. The van der Waals surface area contributed by atoms with Crippen LogP contribution in [0.4, 0.5) is 0 Å². The highest BCUT2D eigenvalue weighted by molar-refractivity contribution is 7.18. The Labute approximate surface area is 170 Å². The predicted molar refractivity (Wildman–Crippen MR) is 114 cm³/mol. The first-order valence-electron chi connectivity index (χ1n) is 9.86. The van der Waals surface area contributed by atoms with Crippen LogP contribution in [0.15, 0.2) is 33.9 Å². The van der Waals surface area contributed by atoms with E-state index in [2.05, 4.69) is 19.9 Å². The van der Waals surface area contributed by atoms with E-state index in [1.54, 1.807) is 17.4 Å². The van der Waals surface area contributed by atoms with Crippen molar-refractivity contribution in [2.75, 3.05) is 6.54 Å². The maximum Gasteiger partial charge on any atom is 0.259 e. The second-order valence-corrected chi connectivity index (χ2v) is 8.47. The summed E-state index contributed by atoms with van der Waals surface area (Å²) in [4.78, 5) is 44.4. The van der Waals surface area contributed by atoms with Gasteiger partial charge in [-0.05, 0) is 43.5 Å². The van der Waals surface area contributed by atoms with Crippen molar-refractivity contribution in [3.8, 4) is 0 Å². The van der Waals surface area contributed by atoms with Crippen LogP contribution < -0.4 is 11.1 Å². The lowest BCUT2D eigenvalue weighted by Crippen LogP contribution is -2.27. The molecule has 0 saturated heterocycles. The van der Waals surface area contributed by atoms with E-state index in [0.717, 1.165) is 36.0 Å². The van der Waals surface area contributed by atoms with Gasteiger partial charge < -0.3 is 9.97 Å². The molecule has 0 unspecified atom stereocenters. The highest BCUT2D eigenvalue weighted by atomic mass is 32.1. The quantitative estimate of drug-likeness (QED) is 0.530. The highest BCUT2D eigenvalue weighted by Gasteiger charge is 2.21. The Morgan fingerprint density at radius 1 is 1.03 bits per heavy atom. The van der Waals surface area contributed by atoms with Crippen LogP contribution in [0.3, 0.4) is 0 Å². The number of rotatable bonds is 5. The van der Waals surface area contributed by atoms with Crippen molar-refractivity contribution < 1.29 is 0 Å². The first-order valence-corrected chi connectivity index (χ1v) is 10.7. The molecule has 0 spiro atoms. The lowest BCUT2D eigenvalue weighted by molar-refractivity contribution is 0.258. The maximum absolute atomic E-state index is 12.7. The zero-order chi connectivity index (χ0) is 20.0. The maximum atomic E-state index is 12.7. The second kappa shape index (κ2) is 7.20. The van der Waals surface area contributed by atoms with Gasteiger partial charge >= 0.3 is 0 Å². The van der Waals surface area contributed by atoms with Gasteiger partial charge in [-0.25, -0.2) is 9.97 Å². The van der Waals surface area contributed by atoms with E-state index < -0.39 is 0 Å². The number of thiophene rings is 1. The molecule has 0 saturated carbocycles. The third kappa shape index (κ3) is 3.28. The van der Waals surface area contributed by atoms with Gasteiger partial charge in [-0.15, -0.1) is 11.3 Å². The molecule has 0 bridgehead atoms. The Bertz CT molecular complexity index is 1340. The van der Waals surface area contributed by atoms with Crippen LogP contribution >= 0.6 is 11.3 Å². The fourth-order valence-corrected chi connectivity index (χ4v) is 5.32. The minimum absolute atomic E-state index is 0.0438. The minimum Gasteiger partial charge on any atom is -0.309 e. The number of hydrogen-bond acceptors (Lipinski definition) is 6. The summed E-state index contributed by atoms with van der Waals surface area (Å²) < 4.78 is 0. The van der Waals surface area contributed by atoms with Crippen molar-refractivity contribution in [3.05, 3.63) is 67.1 Å². The van der Waals surface area contributed by atoms with Crippen molar-refractivity contribution in [1.29, 1.82) is 0 Å². The molecule has 1 aromatic carbocycles. The minimum atomic E-state index is -0.136. The fraction of sp³-hybridized carbons (Fsp3) is 0.333. The number of nitrogens with one attached hydrogen (secondary N) is 2. The molecule has 0 aliphatic heterocycles. The van der Waals surface area contributed by atoms with Crippen molar-refractivity contribution in [2.45, 2.75) is 39.3 Å². The summed E-state index contributed by atoms with van der Waals surface area (Å²) in [5.41, 5.74) is 1.69. The highest BCUT2D eigenvalue weighted by Crippen LogP contribution is 2.34. The first-order chi connectivity index (χ1) is 14.1. The lowest BCUT2D eigenvalue weighted by Gasteiger charge is -2.19. The predicted octanol–water partition coefficient (Wildman–Crippen LogP) is 2.73. The SMILES string of the molecule is CCN(Cc1nc2ccccc2c(=O)[nH]1)Cc1nc2sc3c(c2c(=O)[nH]1)CCC3. The zero-order valence-electron chi connectivity index (χ0n) is 16.1. The van der Waals surface area contributed by atoms with Gasteiger partial charge in [0.15, 0.2) is 0 Å². The van der Waals surface area contributed by atoms with Gasteiger partial charge in [0.2, 0.25) is 0 Å². The van der Waals surface area contributed by atoms with Gasteiger partial charge in [0, 0.05) is 4.88 Å². The van der Waals surface area contributed by atoms with Crippen LogP contribution in [-0.2, 0) is 25.9 Å². The van der Waals surface area contributed by atoms with Crippen molar-refractivity contribution in [3.63, 3.8) is 0 Å². The molecule has 148 valence electrons. The van der Waals surface area contributed by atoms with E-state index in [0.29, 0.717) is 35.6 Å². The molecular weight excluding hydrogens is 386 g/mol. The average molecular weight is 407 g/mol. The van der Waals surface area contributed by atoms with E-state index in [-0.39, 0.29) is 11.1 Å². The molecular formula is C21H21N5O2S. The number of aryl methyl sites for hydroxylation is 2. The second-order valence-electron chi connectivity index (χ2n) is 7.38. The third-order valence-electron chi connectivity index (χ3n) is 5.48. The number of hydrogen-bond donors (Lipinski definition) is 2. The molecule has 0 atom stereocenters. The van der Waals surface area contributed by atoms with Gasteiger partial charge in [-0.3, -0.25) is 14.5 Å². The number of aromatic amines is 2. The first kappa shape index (κ1) is 18.2. The van der Waals surface area contributed by atoms with Crippen molar-refractivity contribution in [2.24, 2.45) is 0 Å². The molecule has 2 N–H and O–H groups in total. The molecule has 1 aliphatic rings. The molecule has 29 heavy (non-hydrogen) atoms. The number of benzene rings is 1. The summed E-state index contributed by atoms with van der Waals surface area (Å²) >= 11 is 1.65. The van der Waals surface area contributed by atoms with Crippen LogP contribution in [0.5, 0.6) is 0 Å². The topological polar surface area (TPSA) is 94.7 Å². The summed E-state index contributed by atoms with van der Waals surface area (Å²) in [5.74, 6) is 1.25. The largest absolute Gasteiger partial charge is 0.309 e. The van der Waals surface area contributed by atoms with Crippen LogP contribution in [0, 0.1) is 0 Å². The standard InChI is InChI=1S/C21H21N5O2S/c1-2-26(10-16-22-14-8-4-3-6-12(14)19(27)23-16)11-17-24-20(28)18-13-7-5-9-15(13)29-21(18)25-17/h3-4,6,8H,2,5,7,9-11H2,1H3,(H,22,23,27)(H,24,25,28). The molecule has 1 aliphatic carbocycles. The van der Waals surface area contributed by atoms with Crippen LogP contribution in [0.2, 0.25) is 0 Å². The fourth-order valence-electron chi connectivity index (χ4n) is 4.03. The summed E-state index contributed by atoms with van der Waals surface area (Å²) in [7, 11) is 0. The number of H-pyrrole nitrogens is 2.